The first-order valence-electron chi connectivity index (χ1n) is 5.63. The number of H-pyrrole nitrogens is 1. The summed E-state index contributed by atoms with van der Waals surface area (Å²) < 4.78 is 0. The molecule has 1 aromatic heterocycles. The first-order valence-corrected chi connectivity index (χ1v) is 6.39. The summed E-state index contributed by atoms with van der Waals surface area (Å²) in [5.74, 6) is -0.243. The SMILES string of the molecule is CN(CCC#N)C(=O)c1[nH]c2ccc(Cl)cc2c1Cl. The lowest BCUT2D eigenvalue weighted by molar-refractivity contribution is 0.0793. The minimum Gasteiger partial charge on any atom is -0.349 e. The van der Waals surface area contributed by atoms with E-state index in [0.717, 1.165) is 5.52 Å². The maximum atomic E-state index is 12.2. The Hall–Kier alpha value is -1.70. The Morgan fingerprint density at radius 3 is 2.89 bits per heavy atom. The van der Waals surface area contributed by atoms with E-state index >= 15 is 0 Å². The van der Waals surface area contributed by atoms with Gasteiger partial charge in [-0.25, -0.2) is 0 Å². The van der Waals surface area contributed by atoms with Crippen LogP contribution in [0.25, 0.3) is 10.9 Å². The first-order chi connectivity index (χ1) is 9.04. The van der Waals surface area contributed by atoms with Crippen molar-refractivity contribution in [1.29, 1.82) is 5.26 Å². The van der Waals surface area contributed by atoms with Gasteiger partial charge >= 0.3 is 0 Å². The minimum absolute atomic E-state index is 0.243. The molecule has 0 bridgehead atoms. The normalized spacial score (nSPS) is 10.4. The van der Waals surface area contributed by atoms with Gasteiger partial charge in [0.05, 0.1) is 17.5 Å². The molecule has 0 atom stereocenters. The van der Waals surface area contributed by atoms with Crippen LogP contribution in [0.15, 0.2) is 18.2 Å². The summed E-state index contributed by atoms with van der Waals surface area (Å²) in [6.45, 7) is 0.363. The molecule has 98 valence electrons. The zero-order valence-corrected chi connectivity index (χ0v) is 11.7. The number of nitriles is 1. The molecule has 0 aliphatic rings. The maximum Gasteiger partial charge on any atom is 0.271 e. The van der Waals surface area contributed by atoms with Crippen LogP contribution in [0.1, 0.15) is 16.9 Å². The highest BCUT2D eigenvalue weighted by Gasteiger charge is 2.19. The van der Waals surface area contributed by atoms with Gasteiger partial charge < -0.3 is 9.88 Å². The van der Waals surface area contributed by atoms with Crippen molar-refractivity contribution in [2.45, 2.75) is 6.42 Å². The molecule has 0 unspecified atom stereocenters. The summed E-state index contributed by atoms with van der Waals surface area (Å²) in [4.78, 5) is 16.6. The summed E-state index contributed by atoms with van der Waals surface area (Å²) in [5, 5.41) is 10.2. The third kappa shape index (κ3) is 2.67. The molecule has 0 radical (unpaired) electrons. The van der Waals surface area contributed by atoms with Gasteiger partial charge in [0.15, 0.2) is 0 Å². The second kappa shape index (κ2) is 5.52. The molecular formula is C13H11Cl2N3O. The number of benzene rings is 1. The first kappa shape index (κ1) is 13.7. The Balaban J connectivity index is 2.38. The van der Waals surface area contributed by atoms with Crippen molar-refractivity contribution in [2.24, 2.45) is 0 Å². The molecule has 2 aromatic rings. The lowest BCUT2D eigenvalue weighted by atomic mass is 10.2. The number of carbonyl (C=O) groups excluding carboxylic acids is 1. The zero-order valence-electron chi connectivity index (χ0n) is 10.2. The number of rotatable bonds is 3. The van der Waals surface area contributed by atoms with Crippen LogP contribution in [0.3, 0.4) is 0 Å². The molecule has 0 spiro atoms. The molecule has 6 heteroatoms. The van der Waals surface area contributed by atoms with Gasteiger partial charge in [-0.1, -0.05) is 23.2 Å². The molecule has 2 rings (SSSR count). The van der Waals surface area contributed by atoms with Gasteiger partial charge in [-0.3, -0.25) is 4.79 Å². The fraction of sp³-hybridized carbons (Fsp3) is 0.231. The van der Waals surface area contributed by atoms with Crippen LogP contribution in [0.5, 0.6) is 0 Å². The molecule has 1 heterocycles. The maximum absolute atomic E-state index is 12.2. The topological polar surface area (TPSA) is 59.9 Å². The van der Waals surface area contributed by atoms with E-state index in [-0.39, 0.29) is 12.3 Å². The molecule has 0 fully saturated rings. The second-order valence-corrected chi connectivity index (χ2v) is 4.95. The largest absolute Gasteiger partial charge is 0.349 e. The Kier molecular flexibility index (Phi) is 3.98. The Labute approximate surface area is 120 Å². The van der Waals surface area contributed by atoms with E-state index in [2.05, 4.69) is 4.98 Å². The number of nitrogens with zero attached hydrogens (tertiary/aromatic N) is 2. The number of aromatic nitrogens is 1. The van der Waals surface area contributed by atoms with Crippen molar-refractivity contribution < 1.29 is 4.79 Å². The predicted octanol–water partition coefficient (Wildman–Crippen LogP) is 3.46. The number of carbonyl (C=O) groups is 1. The molecule has 1 N–H and O–H groups in total. The van der Waals surface area contributed by atoms with Gasteiger partial charge in [0.1, 0.15) is 5.69 Å². The smallest absolute Gasteiger partial charge is 0.271 e. The number of aromatic amines is 1. The summed E-state index contributed by atoms with van der Waals surface area (Å²) in [6.07, 6.45) is 0.284. The van der Waals surface area contributed by atoms with Crippen molar-refractivity contribution in [3.8, 4) is 6.07 Å². The van der Waals surface area contributed by atoms with Gasteiger partial charge in [-0.15, -0.1) is 0 Å². The van der Waals surface area contributed by atoms with Crippen molar-refractivity contribution in [3.63, 3.8) is 0 Å². The van der Waals surface area contributed by atoms with Crippen LogP contribution in [-0.4, -0.2) is 29.4 Å². The highest BCUT2D eigenvalue weighted by molar-refractivity contribution is 6.39. The third-order valence-corrected chi connectivity index (χ3v) is 3.44. The molecular weight excluding hydrogens is 285 g/mol. The zero-order chi connectivity index (χ0) is 14.0. The van der Waals surface area contributed by atoms with Crippen LogP contribution < -0.4 is 0 Å². The van der Waals surface area contributed by atoms with Gasteiger partial charge in [-0.2, -0.15) is 5.26 Å². The van der Waals surface area contributed by atoms with Crippen LogP contribution in [-0.2, 0) is 0 Å². The molecule has 0 saturated carbocycles. The number of hydrogen-bond acceptors (Lipinski definition) is 2. The van der Waals surface area contributed by atoms with E-state index in [1.54, 1.807) is 25.2 Å². The van der Waals surface area contributed by atoms with E-state index in [4.69, 9.17) is 28.5 Å². The second-order valence-electron chi connectivity index (χ2n) is 4.14. The Bertz CT molecular complexity index is 672. The lowest BCUT2D eigenvalue weighted by Crippen LogP contribution is -2.28. The average molecular weight is 296 g/mol. The fourth-order valence-corrected chi connectivity index (χ4v) is 2.25. The Morgan fingerprint density at radius 1 is 1.47 bits per heavy atom. The van der Waals surface area contributed by atoms with E-state index in [1.807, 2.05) is 6.07 Å². The molecule has 4 nitrogen and oxygen atoms in total. The summed E-state index contributed by atoms with van der Waals surface area (Å²) in [5.41, 5.74) is 1.07. The van der Waals surface area contributed by atoms with Crippen molar-refractivity contribution in [2.75, 3.05) is 13.6 Å². The summed E-state index contributed by atoms with van der Waals surface area (Å²) in [7, 11) is 1.63. The van der Waals surface area contributed by atoms with Crippen LogP contribution in [0.2, 0.25) is 10.0 Å². The van der Waals surface area contributed by atoms with Crippen LogP contribution >= 0.6 is 23.2 Å². The van der Waals surface area contributed by atoms with E-state index in [0.29, 0.717) is 27.7 Å². The van der Waals surface area contributed by atoms with E-state index < -0.39 is 0 Å². The van der Waals surface area contributed by atoms with E-state index in [1.165, 1.54) is 4.90 Å². The summed E-state index contributed by atoms with van der Waals surface area (Å²) >= 11 is 12.1. The number of fused-ring (bicyclic) bond motifs is 1. The van der Waals surface area contributed by atoms with Crippen LogP contribution in [0.4, 0.5) is 0 Å². The highest BCUT2D eigenvalue weighted by Crippen LogP contribution is 2.30. The van der Waals surface area contributed by atoms with Gasteiger partial charge in [-0.05, 0) is 18.2 Å². The standard InChI is InChI=1S/C13H11Cl2N3O/c1-18(6-2-5-16)13(19)12-11(15)9-7-8(14)3-4-10(9)17-12/h3-4,7,17H,2,6H2,1H3. The average Bonchev–Trinajstić information content (AvgIpc) is 2.72. The van der Waals surface area contributed by atoms with Crippen molar-refractivity contribution in [1.82, 2.24) is 9.88 Å². The molecule has 0 saturated heterocycles. The lowest BCUT2D eigenvalue weighted by Gasteiger charge is -2.14. The number of amides is 1. The van der Waals surface area contributed by atoms with Crippen LogP contribution in [0, 0.1) is 11.3 Å². The van der Waals surface area contributed by atoms with Crippen molar-refractivity contribution >= 4 is 40.0 Å². The van der Waals surface area contributed by atoms with Gasteiger partial charge in [0, 0.05) is 29.5 Å². The quantitative estimate of drug-likeness (QED) is 0.942. The Morgan fingerprint density at radius 2 is 2.21 bits per heavy atom. The fourth-order valence-electron chi connectivity index (χ4n) is 1.79. The monoisotopic (exact) mass is 295 g/mol. The van der Waals surface area contributed by atoms with E-state index in [9.17, 15) is 4.79 Å². The molecule has 0 aliphatic heterocycles. The molecule has 19 heavy (non-hydrogen) atoms. The molecule has 1 aromatic carbocycles. The van der Waals surface area contributed by atoms with Gasteiger partial charge in [0.25, 0.3) is 5.91 Å². The minimum atomic E-state index is -0.243. The molecule has 0 aliphatic carbocycles. The van der Waals surface area contributed by atoms with Crippen molar-refractivity contribution in [3.05, 3.63) is 33.9 Å². The third-order valence-electron chi connectivity index (χ3n) is 2.82. The predicted molar refractivity (Wildman–Crippen MR) is 75.5 cm³/mol. The summed E-state index contributed by atoms with van der Waals surface area (Å²) in [6, 6.07) is 7.21. The number of nitrogens with one attached hydrogen (secondary N) is 1. The highest BCUT2D eigenvalue weighted by atomic mass is 35.5. The number of hydrogen-bond donors (Lipinski definition) is 1. The molecule has 1 amide bonds. The number of halogens is 2. The van der Waals surface area contributed by atoms with Gasteiger partial charge in [0.2, 0.25) is 0 Å².